The number of likely N-dealkylation sites (tertiary alicyclic amines) is 1. The van der Waals surface area contributed by atoms with Crippen LogP contribution in [0.5, 0.6) is 0 Å². The zero-order valence-electron chi connectivity index (χ0n) is 14.0. The molecule has 7 heteroatoms. The van der Waals surface area contributed by atoms with E-state index in [1.807, 2.05) is 11.1 Å². The molecule has 128 valence electrons. The standard InChI is InChI=1S/C17H24N6O/c24-16(6-9-22-13-18-12-20-22)21-7-3-4-14(11-21)17-19-10-15-5-1-2-8-23(15)17/h10,12-14H,1-9,11H2/t14-/m0/s1. The van der Waals surface area contributed by atoms with Crippen LogP contribution in [-0.2, 0) is 24.3 Å². The number of nitrogens with zero attached hydrogens (tertiary/aromatic N) is 6. The number of piperidine rings is 1. The molecule has 2 aliphatic heterocycles. The van der Waals surface area contributed by atoms with Gasteiger partial charge in [-0.1, -0.05) is 0 Å². The smallest absolute Gasteiger partial charge is 0.224 e. The molecule has 1 saturated heterocycles. The Hall–Kier alpha value is -2.18. The third kappa shape index (κ3) is 3.07. The second-order valence-electron chi connectivity index (χ2n) is 6.80. The summed E-state index contributed by atoms with van der Waals surface area (Å²) in [6.45, 7) is 3.34. The van der Waals surface area contributed by atoms with Crippen molar-refractivity contribution in [3.8, 4) is 0 Å². The van der Waals surface area contributed by atoms with Crippen LogP contribution >= 0.6 is 0 Å². The molecular weight excluding hydrogens is 304 g/mol. The number of carbonyl (C=O) groups excluding carboxylic acids is 1. The molecule has 2 aromatic rings. The highest BCUT2D eigenvalue weighted by Gasteiger charge is 2.28. The summed E-state index contributed by atoms with van der Waals surface area (Å²) >= 11 is 0. The van der Waals surface area contributed by atoms with E-state index < -0.39 is 0 Å². The zero-order chi connectivity index (χ0) is 16.4. The SMILES string of the molecule is O=C(CCn1cncn1)N1CCC[C@H](c2ncc3n2CCCC3)C1. The Bertz CT molecular complexity index is 692. The predicted molar refractivity (Wildman–Crippen MR) is 88.4 cm³/mol. The predicted octanol–water partition coefficient (Wildman–Crippen LogP) is 1.61. The van der Waals surface area contributed by atoms with Crippen molar-refractivity contribution in [3.63, 3.8) is 0 Å². The quantitative estimate of drug-likeness (QED) is 0.855. The molecular formula is C17H24N6O. The Balaban J connectivity index is 1.40. The minimum Gasteiger partial charge on any atom is -0.342 e. The zero-order valence-corrected chi connectivity index (χ0v) is 14.0. The fraction of sp³-hybridized carbons (Fsp3) is 0.647. The summed E-state index contributed by atoms with van der Waals surface area (Å²) in [7, 11) is 0. The fourth-order valence-corrected chi connectivity index (χ4v) is 3.92. The van der Waals surface area contributed by atoms with Crippen LogP contribution in [0.2, 0.25) is 0 Å². The lowest BCUT2D eigenvalue weighted by atomic mass is 9.96. The minimum absolute atomic E-state index is 0.209. The molecule has 1 atom stereocenters. The van der Waals surface area contributed by atoms with Gasteiger partial charge in [0.1, 0.15) is 18.5 Å². The molecule has 1 fully saturated rings. The summed E-state index contributed by atoms with van der Waals surface area (Å²) in [6.07, 6.45) is 11.5. The van der Waals surface area contributed by atoms with Gasteiger partial charge in [0.15, 0.2) is 0 Å². The summed E-state index contributed by atoms with van der Waals surface area (Å²) in [6, 6.07) is 0. The molecule has 0 N–H and O–H groups in total. The normalized spacial score (nSPS) is 20.8. The number of amides is 1. The van der Waals surface area contributed by atoms with Crippen molar-refractivity contribution in [2.24, 2.45) is 0 Å². The molecule has 4 rings (SSSR count). The maximum absolute atomic E-state index is 12.5. The summed E-state index contributed by atoms with van der Waals surface area (Å²) in [5.74, 6) is 1.78. The van der Waals surface area contributed by atoms with Gasteiger partial charge in [-0.05, 0) is 32.1 Å². The van der Waals surface area contributed by atoms with Crippen LogP contribution < -0.4 is 0 Å². The highest BCUT2D eigenvalue weighted by molar-refractivity contribution is 5.76. The second-order valence-corrected chi connectivity index (χ2v) is 6.80. The molecule has 0 spiro atoms. The van der Waals surface area contributed by atoms with Gasteiger partial charge < -0.3 is 9.47 Å². The summed E-state index contributed by atoms with van der Waals surface area (Å²) < 4.78 is 4.11. The van der Waals surface area contributed by atoms with Crippen molar-refractivity contribution in [2.45, 2.75) is 57.5 Å². The van der Waals surface area contributed by atoms with Crippen LogP contribution in [0.4, 0.5) is 0 Å². The van der Waals surface area contributed by atoms with E-state index in [2.05, 4.69) is 14.6 Å². The summed E-state index contributed by atoms with van der Waals surface area (Å²) in [5, 5.41) is 4.06. The number of rotatable bonds is 4. The van der Waals surface area contributed by atoms with E-state index in [1.165, 1.54) is 30.7 Å². The van der Waals surface area contributed by atoms with Gasteiger partial charge in [-0.2, -0.15) is 5.10 Å². The van der Waals surface area contributed by atoms with Gasteiger partial charge in [0.05, 0.1) is 6.54 Å². The average molecular weight is 328 g/mol. The summed E-state index contributed by atoms with van der Waals surface area (Å²) in [4.78, 5) is 23.2. The molecule has 0 radical (unpaired) electrons. The van der Waals surface area contributed by atoms with Crippen LogP contribution in [-0.4, -0.2) is 48.2 Å². The Labute approximate surface area is 141 Å². The topological polar surface area (TPSA) is 68.8 Å². The second kappa shape index (κ2) is 6.75. The Kier molecular flexibility index (Phi) is 4.32. The third-order valence-electron chi connectivity index (χ3n) is 5.19. The van der Waals surface area contributed by atoms with Gasteiger partial charge in [-0.15, -0.1) is 0 Å². The van der Waals surface area contributed by atoms with Crippen LogP contribution in [0.3, 0.4) is 0 Å². The van der Waals surface area contributed by atoms with Gasteiger partial charge in [0, 0.05) is 43.9 Å². The van der Waals surface area contributed by atoms with Gasteiger partial charge in [-0.3, -0.25) is 9.48 Å². The lowest BCUT2D eigenvalue weighted by Crippen LogP contribution is -2.40. The monoisotopic (exact) mass is 328 g/mol. The van der Waals surface area contributed by atoms with Crippen molar-refractivity contribution in [2.75, 3.05) is 13.1 Å². The van der Waals surface area contributed by atoms with Gasteiger partial charge in [0.2, 0.25) is 5.91 Å². The van der Waals surface area contributed by atoms with Crippen molar-refractivity contribution >= 4 is 5.91 Å². The molecule has 0 aliphatic carbocycles. The maximum Gasteiger partial charge on any atom is 0.224 e. The third-order valence-corrected chi connectivity index (χ3v) is 5.19. The minimum atomic E-state index is 0.209. The van der Waals surface area contributed by atoms with Crippen molar-refractivity contribution < 1.29 is 4.79 Å². The number of carbonyl (C=O) groups is 1. The first kappa shape index (κ1) is 15.4. The molecule has 0 aromatic carbocycles. The highest BCUT2D eigenvalue weighted by Crippen LogP contribution is 2.29. The van der Waals surface area contributed by atoms with E-state index in [0.717, 1.165) is 38.9 Å². The summed E-state index contributed by atoms with van der Waals surface area (Å²) in [5.41, 5.74) is 1.37. The number of hydrogen-bond acceptors (Lipinski definition) is 4. The van der Waals surface area contributed by atoms with E-state index >= 15 is 0 Å². The lowest BCUT2D eigenvalue weighted by molar-refractivity contribution is -0.132. The number of aromatic nitrogens is 5. The fourth-order valence-electron chi connectivity index (χ4n) is 3.92. The molecule has 1 amide bonds. The lowest BCUT2D eigenvalue weighted by Gasteiger charge is -2.33. The van der Waals surface area contributed by atoms with Crippen LogP contribution in [0.15, 0.2) is 18.9 Å². The first-order valence-corrected chi connectivity index (χ1v) is 8.96. The molecule has 2 aromatic heterocycles. The number of fused-ring (bicyclic) bond motifs is 1. The molecule has 0 saturated carbocycles. The molecule has 2 aliphatic rings. The van der Waals surface area contributed by atoms with Crippen LogP contribution in [0.25, 0.3) is 0 Å². The Morgan fingerprint density at radius 1 is 1.25 bits per heavy atom. The Morgan fingerprint density at radius 2 is 2.21 bits per heavy atom. The molecule has 4 heterocycles. The van der Waals surface area contributed by atoms with Gasteiger partial charge in [-0.25, -0.2) is 9.97 Å². The number of imidazole rings is 1. The van der Waals surface area contributed by atoms with Crippen LogP contribution in [0, 0.1) is 0 Å². The van der Waals surface area contributed by atoms with E-state index in [4.69, 9.17) is 4.98 Å². The van der Waals surface area contributed by atoms with E-state index in [-0.39, 0.29) is 5.91 Å². The largest absolute Gasteiger partial charge is 0.342 e. The molecule has 0 unspecified atom stereocenters. The highest BCUT2D eigenvalue weighted by atomic mass is 16.2. The van der Waals surface area contributed by atoms with Gasteiger partial charge >= 0.3 is 0 Å². The first-order chi connectivity index (χ1) is 11.8. The maximum atomic E-state index is 12.5. The van der Waals surface area contributed by atoms with Crippen molar-refractivity contribution in [1.29, 1.82) is 0 Å². The van der Waals surface area contributed by atoms with Crippen molar-refractivity contribution in [3.05, 3.63) is 30.4 Å². The first-order valence-electron chi connectivity index (χ1n) is 8.96. The molecule has 0 bridgehead atoms. The van der Waals surface area contributed by atoms with Gasteiger partial charge in [0.25, 0.3) is 0 Å². The van der Waals surface area contributed by atoms with E-state index in [9.17, 15) is 4.79 Å². The molecule has 24 heavy (non-hydrogen) atoms. The molecule has 7 nitrogen and oxygen atoms in total. The van der Waals surface area contributed by atoms with Crippen LogP contribution in [0.1, 0.15) is 49.5 Å². The van der Waals surface area contributed by atoms with E-state index in [0.29, 0.717) is 18.9 Å². The number of hydrogen-bond donors (Lipinski definition) is 0. The van der Waals surface area contributed by atoms with E-state index in [1.54, 1.807) is 11.0 Å². The number of aryl methyl sites for hydroxylation is 2. The van der Waals surface area contributed by atoms with Crippen molar-refractivity contribution in [1.82, 2.24) is 29.2 Å². The Morgan fingerprint density at radius 3 is 3.08 bits per heavy atom. The average Bonchev–Trinajstić information content (AvgIpc) is 3.29.